The van der Waals surface area contributed by atoms with Gasteiger partial charge in [-0.25, -0.2) is 0 Å². The fraction of sp³-hybridized carbons (Fsp3) is 0.222. The van der Waals surface area contributed by atoms with Crippen molar-refractivity contribution in [1.29, 1.82) is 0 Å². The minimum Gasteiger partial charge on any atom is -0.490 e. The van der Waals surface area contributed by atoms with Crippen LogP contribution in [0.2, 0.25) is 0 Å². The third kappa shape index (κ3) is 6.00. The predicted molar refractivity (Wildman–Crippen MR) is 103 cm³/mol. The molecule has 0 fully saturated rings. The molecule has 2 aromatic rings. The first-order valence-electron chi connectivity index (χ1n) is 7.95. The summed E-state index contributed by atoms with van der Waals surface area (Å²) in [6.07, 6.45) is 0. The second-order valence-corrected chi connectivity index (χ2v) is 6.58. The Morgan fingerprint density at radius 2 is 1.85 bits per heavy atom. The number of nitrogens with one attached hydrogen (secondary N) is 1. The Bertz CT molecular complexity index is 839. The van der Waals surface area contributed by atoms with Crippen LogP contribution in [0.25, 0.3) is 0 Å². The van der Waals surface area contributed by atoms with Crippen LogP contribution < -0.4 is 15.8 Å². The van der Waals surface area contributed by atoms with E-state index in [1.165, 1.54) is 24.9 Å². The van der Waals surface area contributed by atoms with Gasteiger partial charge >= 0.3 is 5.69 Å². The second-order valence-electron chi connectivity index (χ2n) is 5.59. The van der Waals surface area contributed by atoms with Crippen LogP contribution in [0.5, 0.6) is 5.75 Å². The van der Waals surface area contributed by atoms with Crippen molar-refractivity contribution in [2.45, 2.75) is 12.3 Å². The molecule has 0 aliphatic rings. The number of carbonyl (C=O) groups is 2. The lowest BCUT2D eigenvalue weighted by Gasteiger charge is -2.07. The minimum absolute atomic E-state index is 0.0977. The molecule has 0 aromatic heterocycles. The Morgan fingerprint density at radius 3 is 2.44 bits per heavy atom. The first-order valence-corrected chi connectivity index (χ1v) is 9.10. The van der Waals surface area contributed by atoms with E-state index < -0.39 is 10.8 Å². The van der Waals surface area contributed by atoms with E-state index in [1.54, 1.807) is 36.4 Å². The highest BCUT2D eigenvalue weighted by atomic mass is 32.2. The molecule has 2 rings (SSSR count). The summed E-state index contributed by atoms with van der Waals surface area (Å²) in [5.41, 5.74) is 7.08. The van der Waals surface area contributed by atoms with Gasteiger partial charge < -0.3 is 15.8 Å². The number of nitro groups is 1. The number of nitro benzene ring substituents is 1. The van der Waals surface area contributed by atoms with Crippen LogP contribution in [0.15, 0.2) is 42.5 Å². The molecule has 0 atom stereocenters. The molecule has 9 heteroatoms. The maximum Gasteiger partial charge on any atom is 0.311 e. The molecule has 0 bridgehead atoms. The van der Waals surface area contributed by atoms with Gasteiger partial charge in [0.25, 0.3) is 0 Å². The normalized spacial score (nSPS) is 10.3. The quantitative estimate of drug-likeness (QED) is 0.501. The molecule has 0 aliphatic heterocycles. The molecule has 0 heterocycles. The minimum atomic E-state index is -0.499. The summed E-state index contributed by atoms with van der Waals surface area (Å²) in [6, 6.07) is 11.4. The van der Waals surface area contributed by atoms with Crippen LogP contribution in [-0.2, 0) is 17.1 Å². The number of benzene rings is 2. The van der Waals surface area contributed by atoms with Gasteiger partial charge in [0.1, 0.15) is 0 Å². The van der Waals surface area contributed by atoms with Crippen LogP contribution in [0.3, 0.4) is 0 Å². The summed E-state index contributed by atoms with van der Waals surface area (Å²) < 4.78 is 4.96. The maximum atomic E-state index is 11.9. The van der Waals surface area contributed by atoms with E-state index in [1.807, 2.05) is 0 Å². The van der Waals surface area contributed by atoms with Gasteiger partial charge in [-0.1, -0.05) is 18.2 Å². The standard InChI is InChI=1S/C18H19N3O5S/c1-26-16-7-4-13(8-15(16)21(24)25)10-27-11-17(22)20-9-12-2-5-14(6-3-12)18(19)23/h2-8H,9-11H2,1H3,(H2,19,23)(H,20,22). The Balaban J connectivity index is 1.80. The average Bonchev–Trinajstić information content (AvgIpc) is 2.66. The summed E-state index contributed by atoms with van der Waals surface area (Å²) in [6.45, 7) is 0.340. The van der Waals surface area contributed by atoms with E-state index in [9.17, 15) is 19.7 Å². The summed E-state index contributed by atoms with van der Waals surface area (Å²) in [5, 5.41) is 13.8. The molecular formula is C18H19N3O5S. The number of hydrogen-bond acceptors (Lipinski definition) is 6. The summed E-state index contributed by atoms with van der Waals surface area (Å²) >= 11 is 1.35. The molecule has 8 nitrogen and oxygen atoms in total. The van der Waals surface area contributed by atoms with E-state index in [-0.39, 0.29) is 23.1 Å². The molecule has 2 aromatic carbocycles. The van der Waals surface area contributed by atoms with Crippen molar-refractivity contribution in [3.63, 3.8) is 0 Å². The van der Waals surface area contributed by atoms with Gasteiger partial charge in [0.2, 0.25) is 11.8 Å². The zero-order valence-corrected chi connectivity index (χ0v) is 15.5. The van der Waals surface area contributed by atoms with Crippen molar-refractivity contribution in [2.24, 2.45) is 5.73 Å². The third-order valence-corrected chi connectivity index (χ3v) is 4.67. The number of rotatable bonds is 9. The fourth-order valence-electron chi connectivity index (χ4n) is 2.27. The zero-order valence-electron chi connectivity index (χ0n) is 14.6. The van der Waals surface area contributed by atoms with E-state index in [2.05, 4.69) is 5.32 Å². The van der Waals surface area contributed by atoms with E-state index >= 15 is 0 Å². The molecule has 0 saturated carbocycles. The van der Waals surface area contributed by atoms with Crippen LogP contribution in [0.1, 0.15) is 21.5 Å². The van der Waals surface area contributed by atoms with Crippen molar-refractivity contribution in [3.8, 4) is 5.75 Å². The molecule has 0 spiro atoms. The van der Waals surface area contributed by atoms with E-state index in [4.69, 9.17) is 10.5 Å². The van der Waals surface area contributed by atoms with Gasteiger partial charge in [-0.3, -0.25) is 19.7 Å². The lowest BCUT2D eigenvalue weighted by atomic mass is 10.1. The smallest absolute Gasteiger partial charge is 0.311 e. The number of nitrogens with two attached hydrogens (primary N) is 1. The first kappa shape index (κ1) is 20.2. The topological polar surface area (TPSA) is 125 Å². The highest BCUT2D eigenvalue weighted by Crippen LogP contribution is 2.28. The van der Waals surface area contributed by atoms with Crippen molar-refractivity contribution in [2.75, 3.05) is 12.9 Å². The lowest BCUT2D eigenvalue weighted by molar-refractivity contribution is -0.385. The molecule has 3 N–H and O–H groups in total. The van der Waals surface area contributed by atoms with Crippen molar-refractivity contribution in [1.82, 2.24) is 5.32 Å². The van der Waals surface area contributed by atoms with Crippen LogP contribution in [-0.4, -0.2) is 29.6 Å². The molecule has 2 amide bonds. The zero-order chi connectivity index (χ0) is 19.8. The molecule has 0 saturated heterocycles. The Labute approximate surface area is 160 Å². The van der Waals surface area contributed by atoms with Crippen LogP contribution in [0, 0.1) is 10.1 Å². The van der Waals surface area contributed by atoms with Gasteiger partial charge in [0.15, 0.2) is 5.75 Å². The largest absolute Gasteiger partial charge is 0.490 e. The highest BCUT2D eigenvalue weighted by molar-refractivity contribution is 7.99. The van der Waals surface area contributed by atoms with Crippen LogP contribution in [0.4, 0.5) is 5.69 Å². The van der Waals surface area contributed by atoms with Crippen molar-refractivity contribution < 1.29 is 19.2 Å². The van der Waals surface area contributed by atoms with Gasteiger partial charge in [0.05, 0.1) is 17.8 Å². The Hall–Kier alpha value is -3.07. The third-order valence-electron chi connectivity index (χ3n) is 3.67. The average molecular weight is 389 g/mol. The molecular weight excluding hydrogens is 370 g/mol. The number of carbonyl (C=O) groups excluding carboxylic acids is 2. The number of amides is 2. The second kappa shape index (κ2) is 9.58. The number of nitrogens with zero attached hydrogens (tertiary/aromatic N) is 1. The molecule has 0 aliphatic carbocycles. The summed E-state index contributed by atoms with van der Waals surface area (Å²) in [4.78, 5) is 33.5. The van der Waals surface area contributed by atoms with Crippen LogP contribution >= 0.6 is 11.8 Å². The molecule has 0 radical (unpaired) electrons. The number of thioether (sulfide) groups is 1. The molecule has 142 valence electrons. The molecule has 27 heavy (non-hydrogen) atoms. The summed E-state index contributed by atoms with van der Waals surface area (Å²) in [7, 11) is 1.38. The van der Waals surface area contributed by atoms with E-state index in [0.29, 0.717) is 17.9 Å². The van der Waals surface area contributed by atoms with Gasteiger partial charge in [-0.15, -0.1) is 11.8 Å². The number of hydrogen-bond donors (Lipinski definition) is 2. The Morgan fingerprint density at radius 1 is 1.19 bits per heavy atom. The van der Waals surface area contributed by atoms with Gasteiger partial charge in [-0.05, 0) is 29.3 Å². The SMILES string of the molecule is COc1ccc(CSCC(=O)NCc2ccc(C(N)=O)cc2)cc1[N+](=O)[O-]. The van der Waals surface area contributed by atoms with Crippen molar-refractivity contribution in [3.05, 3.63) is 69.3 Å². The van der Waals surface area contributed by atoms with Gasteiger partial charge in [-0.2, -0.15) is 0 Å². The number of methoxy groups -OCH3 is 1. The predicted octanol–water partition coefficient (Wildman–Crippen LogP) is 2.25. The number of ether oxygens (including phenoxy) is 1. The van der Waals surface area contributed by atoms with Gasteiger partial charge in [0, 0.05) is 23.9 Å². The lowest BCUT2D eigenvalue weighted by Crippen LogP contribution is -2.24. The maximum absolute atomic E-state index is 11.9. The monoisotopic (exact) mass is 389 g/mol. The summed E-state index contributed by atoms with van der Waals surface area (Å²) in [5.74, 6) is 0.238. The first-order chi connectivity index (χ1) is 12.9. The highest BCUT2D eigenvalue weighted by Gasteiger charge is 2.15. The Kier molecular flexibility index (Phi) is 7.18. The number of primary amides is 1. The molecule has 0 unspecified atom stereocenters. The fourth-order valence-corrected chi connectivity index (χ4v) is 3.07. The van der Waals surface area contributed by atoms with E-state index in [0.717, 1.165) is 11.1 Å². The van der Waals surface area contributed by atoms with Crippen molar-refractivity contribution >= 4 is 29.3 Å².